The molecule has 2 heterocycles. The Morgan fingerprint density at radius 3 is 2.64 bits per heavy atom. The molecule has 2 N–H and O–H groups in total. The number of carbonyl (C=O) groups excluding carboxylic acids is 1. The molecule has 1 fully saturated rings. The first-order valence-corrected chi connectivity index (χ1v) is 10.6. The van der Waals surface area contributed by atoms with Gasteiger partial charge >= 0.3 is 0 Å². The van der Waals surface area contributed by atoms with Gasteiger partial charge in [-0.15, -0.1) is 11.3 Å². The first-order valence-electron chi connectivity index (χ1n) is 9.68. The second-order valence-corrected chi connectivity index (χ2v) is 7.95. The molecule has 1 aliphatic rings. The third-order valence-corrected chi connectivity index (χ3v) is 5.86. The fourth-order valence-corrected chi connectivity index (χ4v) is 4.19. The fourth-order valence-electron chi connectivity index (χ4n) is 3.33. The predicted molar refractivity (Wildman–Crippen MR) is 113 cm³/mol. The fraction of sp³-hybridized carbons (Fsp3) is 0.476. The molecule has 0 radical (unpaired) electrons. The number of methoxy groups -OCH3 is 1. The van der Waals surface area contributed by atoms with Crippen LogP contribution in [-0.4, -0.2) is 56.8 Å². The van der Waals surface area contributed by atoms with Gasteiger partial charge in [-0.3, -0.25) is 9.69 Å². The smallest absolute Gasteiger partial charge is 0.225 e. The lowest BCUT2D eigenvalue weighted by molar-refractivity contribution is -0.116. The monoisotopic (exact) mass is 403 g/mol. The Bertz CT molecular complexity index is 715. The highest BCUT2D eigenvalue weighted by atomic mass is 32.1. The molecule has 7 heteroatoms. The summed E-state index contributed by atoms with van der Waals surface area (Å²) in [6.07, 6.45) is 0.423. The average molecular weight is 404 g/mol. The largest absolute Gasteiger partial charge is 0.497 e. The molecule has 1 aliphatic heterocycles. The summed E-state index contributed by atoms with van der Waals surface area (Å²) >= 11 is 1.78. The van der Waals surface area contributed by atoms with Crippen molar-refractivity contribution in [2.24, 2.45) is 0 Å². The number of anilines is 1. The topological polar surface area (TPSA) is 62.8 Å². The van der Waals surface area contributed by atoms with Crippen molar-refractivity contribution >= 4 is 22.9 Å². The number of hydrogen-bond donors (Lipinski definition) is 2. The van der Waals surface area contributed by atoms with E-state index in [1.807, 2.05) is 24.3 Å². The molecule has 152 valence electrons. The van der Waals surface area contributed by atoms with Crippen molar-refractivity contribution in [1.29, 1.82) is 0 Å². The van der Waals surface area contributed by atoms with Crippen molar-refractivity contribution < 1.29 is 14.3 Å². The third-order valence-electron chi connectivity index (χ3n) is 4.88. The van der Waals surface area contributed by atoms with Crippen molar-refractivity contribution in [1.82, 2.24) is 10.2 Å². The Morgan fingerprint density at radius 1 is 1.25 bits per heavy atom. The lowest BCUT2D eigenvalue weighted by atomic mass is 10.1. The summed E-state index contributed by atoms with van der Waals surface area (Å²) in [7, 11) is 1.63. The molecule has 3 rings (SSSR count). The van der Waals surface area contributed by atoms with E-state index in [9.17, 15) is 4.79 Å². The highest BCUT2D eigenvalue weighted by molar-refractivity contribution is 7.10. The number of thiophene rings is 1. The van der Waals surface area contributed by atoms with E-state index in [1.165, 1.54) is 4.88 Å². The molecule has 0 bridgehead atoms. The molecule has 1 aromatic heterocycles. The van der Waals surface area contributed by atoms with Crippen LogP contribution in [0.5, 0.6) is 5.75 Å². The number of carbonyl (C=O) groups is 1. The van der Waals surface area contributed by atoms with Gasteiger partial charge in [0.25, 0.3) is 0 Å². The van der Waals surface area contributed by atoms with Gasteiger partial charge in [-0.25, -0.2) is 0 Å². The molecule has 6 nitrogen and oxygen atoms in total. The van der Waals surface area contributed by atoms with Crippen molar-refractivity contribution in [3.8, 4) is 5.75 Å². The molecular weight excluding hydrogens is 374 g/mol. The number of hydrogen-bond acceptors (Lipinski definition) is 6. The highest BCUT2D eigenvalue weighted by Gasteiger charge is 2.24. The van der Waals surface area contributed by atoms with Gasteiger partial charge in [-0.1, -0.05) is 6.07 Å². The van der Waals surface area contributed by atoms with Gasteiger partial charge in [0.15, 0.2) is 0 Å². The molecule has 0 saturated carbocycles. The van der Waals surface area contributed by atoms with Crippen LogP contribution in [0.3, 0.4) is 0 Å². The zero-order valence-electron chi connectivity index (χ0n) is 16.5. The summed E-state index contributed by atoms with van der Waals surface area (Å²) in [4.78, 5) is 16.2. The summed E-state index contributed by atoms with van der Waals surface area (Å²) < 4.78 is 10.6. The van der Waals surface area contributed by atoms with Gasteiger partial charge in [0.1, 0.15) is 5.75 Å². The van der Waals surface area contributed by atoms with E-state index in [-0.39, 0.29) is 11.9 Å². The molecule has 1 amide bonds. The summed E-state index contributed by atoms with van der Waals surface area (Å²) in [5, 5.41) is 8.61. The van der Waals surface area contributed by atoms with E-state index in [0.29, 0.717) is 12.5 Å². The summed E-state index contributed by atoms with van der Waals surface area (Å²) in [6.45, 7) is 6.31. The third kappa shape index (κ3) is 6.04. The summed E-state index contributed by atoms with van der Waals surface area (Å²) in [5.74, 6) is 0.778. The highest BCUT2D eigenvalue weighted by Crippen LogP contribution is 2.25. The Morgan fingerprint density at radius 2 is 2.00 bits per heavy atom. The van der Waals surface area contributed by atoms with Gasteiger partial charge < -0.3 is 20.1 Å². The van der Waals surface area contributed by atoms with Crippen LogP contribution >= 0.6 is 11.3 Å². The first-order chi connectivity index (χ1) is 13.7. The van der Waals surface area contributed by atoms with Gasteiger partial charge in [0.05, 0.1) is 26.4 Å². The Balaban J connectivity index is 1.49. The number of ether oxygens (including phenoxy) is 2. The van der Waals surface area contributed by atoms with Crippen LogP contribution in [0.4, 0.5) is 5.69 Å². The number of morpholine rings is 1. The van der Waals surface area contributed by atoms with E-state index in [2.05, 4.69) is 40.0 Å². The molecule has 0 aliphatic carbocycles. The quantitative estimate of drug-likeness (QED) is 0.674. The summed E-state index contributed by atoms with van der Waals surface area (Å²) in [6, 6.07) is 12.1. The van der Waals surface area contributed by atoms with Crippen LogP contribution in [0.25, 0.3) is 0 Å². The minimum atomic E-state index is 0.00390. The van der Waals surface area contributed by atoms with Crippen molar-refractivity contribution in [2.45, 2.75) is 25.4 Å². The van der Waals surface area contributed by atoms with E-state index >= 15 is 0 Å². The number of benzene rings is 1. The number of nitrogens with one attached hydrogen (secondary N) is 2. The Kier molecular flexibility index (Phi) is 7.85. The number of nitrogens with zero attached hydrogens (tertiary/aromatic N) is 1. The van der Waals surface area contributed by atoms with Gasteiger partial charge in [0, 0.05) is 42.7 Å². The van der Waals surface area contributed by atoms with Crippen LogP contribution < -0.4 is 15.4 Å². The van der Waals surface area contributed by atoms with Crippen LogP contribution in [0.2, 0.25) is 0 Å². The minimum absolute atomic E-state index is 0.00390. The van der Waals surface area contributed by atoms with E-state index in [0.717, 1.165) is 44.3 Å². The van der Waals surface area contributed by atoms with Crippen molar-refractivity contribution in [2.75, 3.05) is 45.3 Å². The maximum atomic E-state index is 12.3. The van der Waals surface area contributed by atoms with E-state index < -0.39 is 0 Å². The standard InChI is InChI=1S/C21H29N3O3S/c1-16(14-21(25)23-17-5-7-18(26-2)8-6-17)22-15-19(20-4-3-13-28-20)24-9-11-27-12-10-24/h3-8,13,16,19,22H,9-12,14-15H2,1-2H3,(H,23,25)/t16-,19-/m1/s1. The Hall–Kier alpha value is -1.93. The predicted octanol–water partition coefficient (Wildman–Crippen LogP) is 3.14. The van der Waals surface area contributed by atoms with Gasteiger partial charge in [0.2, 0.25) is 5.91 Å². The van der Waals surface area contributed by atoms with Crippen LogP contribution in [0.1, 0.15) is 24.3 Å². The molecule has 2 atom stereocenters. The molecular formula is C21H29N3O3S. The second-order valence-electron chi connectivity index (χ2n) is 6.97. The van der Waals surface area contributed by atoms with Gasteiger partial charge in [-0.2, -0.15) is 0 Å². The maximum absolute atomic E-state index is 12.3. The van der Waals surface area contributed by atoms with Crippen LogP contribution in [-0.2, 0) is 9.53 Å². The SMILES string of the molecule is COc1ccc(NC(=O)C[C@@H](C)NC[C@H](c2cccs2)N2CCOCC2)cc1. The molecule has 1 saturated heterocycles. The van der Waals surface area contributed by atoms with Crippen molar-refractivity contribution in [3.05, 3.63) is 46.7 Å². The van der Waals surface area contributed by atoms with Crippen molar-refractivity contribution in [3.63, 3.8) is 0 Å². The Labute approximate surface area is 170 Å². The summed E-state index contributed by atoms with van der Waals surface area (Å²) in [5.41, 5.74) is 0.780. The molecule has 1 aromatic carbocycles. The second kappa shape index (κ2) is 10.6. The van der Waals surface area contributed by atoms with E-state index in [4.69, 9.17) is 9.47 Å². The zero-order valence-corrected chi connectivity index (χ0v) is 17.3. The number of amides is 1. The van der Waals surface area contributed by atoms with Gasteiger partial charge in [-0.05, 0) is 42.6 Å². The molecule has 28 heavy (non-hydrogen) atoms. The first kappa shape index (κ1) is 20.8. The normalized spacial score (nSPS) is 17.1. The minimum Gasteiger partial charge on any atom is -0.497 e. The molecule has 2 aromatic rings. The lowest BCUT2D eigenvalue weighted by Crippen LogP contribution is -2.44. The average Bonchev–Trinajstić information content (AvgIpc) is 3.24. The number of rotatable bonds is 9. The maximum Gasteiger partial charge on any atom is 0.225 e. The lowest BCUT2D eigenvalue weighted by Gasteiger charge is -2.34. The molecule has 0 unspecified atom stereocenters. The van der Waals surface area contributed by atoms with E-state index in [1.54, 1.807) is 18.4 Å². The zero-order chi connectivity index (χ0) is 19.8. The van der Waals surface area contributed by atoms with Crippen LogP contribution in [0, 0.1) is 0 Å². The molecule has 0 spiro atoms. The van der Waals surface area contributed by atoms with Crippen LogP contribution in [0.15, 0.2) is 41.8 Å².